The average Bonchev–Trinajstić information content (AvgIpc) is 2.51. The summed E-state index contributed by atoms with van der Waals surface area (Å²) in [5.74, 6) is -0.305. The van der Waals surface area contributed by atoms with Crippen molar-refractivity contribution in [3.05, 3.63) is 35.1 Å². The Bertz CT molecular complexity index is 378. The summed E-state index contributed by atoms with van der Waals surface area (Å²) in [4.78, 5) is 10.7. The van der Waals surface area contributed by atoms with Gasteiger partial charge in [-0.25, -0.2) is 9.18 Å². The Balaban J connectivity index is 2.28. The molecular weight excluding hydrogens is 185 g/mol. The van der Waals surface area contributed by atoms with E-state index in [0.29, 0.717) is 5.56 Å². The lowest BCUT2D eigenvalue weighted by Gasteiger charge is -2.08. The van der Waals surface area contributed by atoms with Gasteiger partial charge in [-0.15, -0.1) is 0 Å². The van der Waals surface area contributed by atoms with E-state index >= 15 is 0 Å². The second-order valence-corrected chi connectivity index (χ2v) is 3.32. The van der Waals surface area contributed by atoms with E-state index < -0.39 is 6.09 Å². The van der Waals surface area contributed by atoms with E-state index in [0.717, 1.165) is 5.56 Å². The van der Waals surface area contributed by atoms with Crippen molar-refractivity contribution in [1.29, 1.82) is 0 Å². The van der Waals surface area contributed by atoms with E-state index in [1.807, 2.05) is 13.0 Å². The lowest BCUT2D eigenvalue weighted by Crippen LogP contribution is -2.19. The molecule has 3 nitrogen and oxygen atoms in total. The number of amides is 1. The van der Waals surface area contributed by atoms with Gasteiger partial charge < -0.3 is 10.1 Å². The Morgan fingerprint density at radius 2 is 2.36 bits per heavy atom. The topological polar surface area (TPSA) is 38.3 Å². The number of rotatable bonds is 1. The lowest BCUT2D eigenvalue weighted by molar-refractivity contribution is 0.177. The number of benzene rings is 1. The van der Waals surface area contributed by atoms with Crippen LogP contribution in [0.2, 0.25) is 0 Å². The molecule has 0 radical (unpaired) electrons. The molecule has 4 heteroatoms. The number of halogens is 1. The summed E-state index contributed by atoms with van der Waals surface area (Å²) in [5, 5.41) is 2.53. The van der Waals surface area contributed by atoms with Crippen molar-refractivity contribution >= 4 is 6.09 Å². The Morgan fingerprint density at radius 1 is 1.57 bits per heavy atom. The van der Waals surface area contributed by atoms with Crippen LogP contribution in [-0.2, 0) is 4.74 Å². The normalized spacial score (nSPS) is 20.4. The first-order chi connectivity index (χ1) is 6.66. The lowest BCUT2D eigenvalue weighted by atomic mass is 10.1. The summed E-state index contributed by atoms with van der Waals surface area (Å²) in [5.41, 5.74) is 1.33. The van der Waals surface area contributed by atoms with Crippen molar-refractivity contribution in [3.63, 3.8) is 0 Å². The van der Waals surface area contributed by atoms with E-state index in [-0.39, 0.29) is 18.5 Å². The molecule has 1 amide bonds. The van der Waals surface area contributed by atoms with Crippen LogP contribution in [0, 0.1) is 12.7 Å². The molecule has 1 unspecified atom stereocenters. The molecule has 74 valence electrons. The fourth-order valence-electron chi connectivity index (χ4n) is 1.47. The van der Waals surface area contributed by atoms with E-state index in [1.54, 1.807) is 6.07 Å². The zero-order valence-electron chi connectivity index (χ0n) is 7.71. The predicted octanol–water partition coefficient (Wildman–Crippen LogP) is 1.92. The van der Waals surface area contributed by atoms with E-state index in [1.165, 1.54) is 6.07 Å². The number of alkyl carbamates (subject to hydrolysis) is 1. The number of carbonyl (C=O) groups is 1. The number of carbonyl (C=O) groups excluding carboxylic acids is 1. The fraction of sp³-hybridized carbons (Fsp3) is 0.300. The van der Waals surface area contributed by atoms with Crippen LogP contribution < -0.4 is 5.32 Å². The first kappa shape index (κ1) is 8.99. The molecule has 1 aromatic carbocycles. The van der Waals surface area contributed by atoms with Crippen molar-refractivity contribution in [2.75, 3.05) is 6.61 Å². The van der Waals surface area contributed by atoms with Crippen LogP contribution >= 0.6 is 0 Å². The first-order valence-electron chi connectivity index (χ1n) is 4.36. The molecule has 1 N–H and O–H groups in total. The van der Waals surface area contributed by atoms with Crippen molar-refractivity contribution in [2.24, 2.45) is 0 Å². The molecule has 2 rings (SSSR count). The van der Waals surface area contributed by atoms with Gasteiger partial charge in [0, 0.05) is 5.56 Å². The molecule has 1 fully saturated rings. The highest BCUT2D eigenvalue weighted by Crippen LogP contribution is 2.21. The minimum atomic E-state index is -0.491. The van der Waals surface area contributed by atoms with Gasteiger partial charge in [-0.05, 0) is 18.6 Å². The Hall–Kier alpha value is -1.58. The maximum Gasteiger partial charge on any atom is 0.407 e. The number of cyclic esters (lactones) is 1. The molecule has 1 aliphatic heterocycles. The van der Waals surface area contributed by atoms with Crippen molar-refractivity contribution in [3.8, 4) is 0 Å². The van der Waals surface area contributed by atoms with E-state index in [4.69, 9.17) is 0 Å². The van der Waals surface area contributed by atoms with Gasteiger partial charge in [0.1, 0.15) is 12.4 Å². The maximum atomic E-state index is 13.4. The SMILES string of the molecule is Cc1ccc(C2COC(=O)N2)c(F)c1. The second kappa shape index (κ2) is 3.29. The third kappa shape index (κ3) is 1.55. The highest BCUT2D eigenvalue weighted by molar-refractivity contribution is 5.70. The molecule has 0 saturated carbocycles. The van der Waals surface area contributed by atoms with E-state index in [9.17, 15) is 9.18 Å². The van der Waals surface area contributed by atoms with Crippen LogP contribution in [0.5, 0.6) is 0 Å². The molecule has 1 atom stereocenters. The standard InChI is InChI=1S/C10H10FNO2/c1-6-2-3-7(8(11)4-6)9-5-14-10(13)12-9/h2-4,9H,5H2,1H3,(H,12,13). The number of aryl methyl sites for hydroxylation is 1. The first-order valence-corrected chi connectivity index (χ1v) is 4.36. The van der Waals surface area contributed by atoms with Crippen LogP contribution in [-0.4, -0.2) is 12.7 Å². The summed E-state index contributed by atoms with van der Waals surface area (Å²) in [6.07, 6.45) is -0.491. The second-order valence-electron chi connectivity index (χ2n) is 3.32. The average molecular weight is 195 g/mol. The van der Waals surface area contributed by atoms with Gasteiger partial charge in [0.05, 0.1) is 6.04 Å². The Kier molecular flexibility index (Phi) is 2.11. The molecule has 1 aliphatic rings. The van der Waals surface area contributed by atoms with Gasteiger partial charge in [0.25, 0.3) is 0 Å². The van der Waals surface area contributed by atoms with Gasteiger partial charge in [0.2, 0.25) is 0 Å². The fourth-order valence-corrected chi connectivity index (χ4v) is 1.47. The largest absolute Gasteiger partial charge is 0.447 e. The minimum Gasteiger partial charge on any atom is -0.447 e. The summed E-state index contributed by atoms with van der Waals surface area (Å²) in [6, 6.07) is 4.57. The Labute approximate surface area is 80.9 Å². The molecular formula is C10H10FNO2. The summed E-state index contributed by atoms with van der Waals surface area (Å²) in [7, 11) is 0. The molecule has 1 saturated heterocycles. The van der Waals surface area contributed by atoms with E-state index in [2.05, 4.69) is 10.1 Å². The zero-order valence-corrected chi connectivity index (χ0v) is 7.71. The number of ether oxygens (including phenoxy) is 1. The quantitative estimate of drug-likeness (QED) is 0.743. The van der Waals surface area contributed by atoms with Crippen molar-refractivity contribution in [1.82, 2.24) is 5.32 Å². The van der Waals surface area contributed by atoms with Gasteiger partial charge in [-0.3, -0.25) is 0 Å². The van der Waals surface area contributed by atoms with Crippen LogP contribution in [0.1, 0.15) is 17.2 Å². The monoisotopic (exact) mass is 195 g/mol. The molecule has 0 spiro atoms. The van der Waals surface area contributed by atoms with Crippen LogP contribution in [0.4, 0.5) is 9.18 Å². The molecule has 1 aromatic rings. The highest BCUT2D eigenvalue weighted by Gasteiger charge is 2.25. The molecule has 14 heavy (non-hydrogen) atoms. The molecule has 0 aliphatic carbocycles. The summed E-state index contributed by atoms with van der Waals surface area (Å²) >= 11 is 0. The highest BCUT2D eigenvalue weighted by atomic mass is 19.1. The van der Waals surface area contributed by atoms with Crippen LogP contribution in [0.15, 0.2) is 18.2 Å². The molecule has 1 heterocycles. The third-order valence-corrected chi connectivity index (χ3v) is 2.20. The number of hydrogen-bond acceptors (Lipinski definition) is 2. The van der Waals surface area contributed by atoms with Gasteiger partial charge >= 0.3 is 6.09 Å². The van der Waals surface area contributed by atoms with Crippen molar-refractivity contribution in [2.45, 2.75) is 13.0 Å². The minimum absolute atomic E-state index is 0.193. The Morgan fingerprint density at radius 3 is 2.93 bits per heavy atom. The van der Waals surface area contributed by atoms with Crippen molar-refractivity contribution < 1.29 is 13.9 Å². The van der Waals surface area contributed by atoms with Crippen LogP contribution in [0.25, 0.3) is 0 Å². The summed E-state index contributed by atoms with van der Waals surface area (Å²) in [6.45, 7) is 2.01. The predicted molar refractivity (Wildman–Crippen MR) is 48.4 cm³/mol. The molecule has 0 bridgehead atoms. The van der Waals surface area contributed by atoms with Gasteiger partial charge in [-0.1, -0.05) is 12.1 Å². The van der Waals surface area contributed by atoms with Crippen LogP contribution in [0.3, 0.4) is 0 Å². The molecule has 0 aromatic heterocycles. The number of nitrogens with one attached hydrogen (secondary N) is 1. The van der Waals surface area contributed by atoms with Gasteiger partial charge in [-0.2, -0.15) is 0 Å². The third-order valence-electron chi connectivity index (χ3n) is 2.20. The van der Waals surface area contributed by atoms with Gasteiger partial charge in [0.15, 0.2) is 0 Å². The summed E-state index contributed by atoms with van der Waals surface area (Å²) < 4.78 is 18.1. The smallest absolute Gasteiger partial charge is 0.407 e. The number of hydrogen-bond donors (Lipinski definition) is 1. The maximum absolute atomic E-state index is 13.4. The zero-order chi connectivity index (χ0) is 10.1.